The summed E-state index contributed by atoms with van der Waals surface area (Å²) in [7, 11) is 1.77. The second kappa shape index (κ2) is 6.93. The van der Waals surface area contributed by atoms with Crippen molar-refractivity contribution in [1.82, 2.24) is 20.7 Å². The number of H-pyrrole nitrogens is 1. The Bertz CT molecular complexity index is 748. The summed E-state index contributed by atoms with van der Waals surface area (Å²) >= 11 is 5.91. The van der Waals surface area contributed by atoms with Crippen LogP contribution < -0.4 is 10.9 Å². The first-order chi connectivity index (χ1) is 11.5. The number of nitrogens with zero attached hydrogens (tertiary/aromatic N) is 1. The summed E-state index contributed by atoms with van der Waals surface area (Å²) < 4.78 is 13.4. The maximum atomic E-state index is 13.4. The Kier molecular flexibility index (Phi) is 4.89. The van der Waals surface area contributed by atoms with E-state index in [2.05, 4.69) is 15.8 Å². The van der Waals surface area contributed by atoms with Crippen molar-refractivity contribution in [3.8, 4) is 0 Å². The fourth-order valence-electron chi connectivity index (χ4n) is 2.93. The molecule has 1 amide bonds. The molecule has 24 heavy (non-hydrogen) atoms. The average molecular weight is 351 g/mol. The molecule has 3 rings (SSSR count). The number of rotatable bonds is 4. The van der Waals surface area contributed by atoms with Crippen molar-refractivity contribution in [3.05, 3.63) is 58.1 Å². The lowest BCUT2D eigenvalue weighted by Gasteiger charge is -2.18. The number of amides is 1. The number of aromatic amines is 1. The van der Waals surface area contributed by atoms with Crippen LogP contribution in [0, 0.1) is 5.82 Å². The lowest BCUT2D eigenvalue weighted by Crippen LogP contribution is -2.26. The lowest BCUT2D eigenvalue weighted by molar-refractivity contribution is 0.0797. The first-order valence-corrected chi connectivity index (χ1v) is 8.26. The fraction of sp³-hybridized carbons (Fsp3) is 0.353. The summed E-state index contributed by atoms with van der Waals surface area (Å²) in [5.74, 6) is -0.380. The molecule has 1 aliphatic rings. The van der Waals surface area contributed by atoms with Crippen molar-refractivity contribution >= 4 is 17.5 Å². The predicted molar refractivity (Wildman–Crippen MR) is 91.5 cm³/mol. The lowest BCUT2D eigenvalue weighted by atomic mass is 9.89. The highest BCUT2D eigenvalue weighted by atomic mass is 35.5. The summed E-state index contributed by atoms with van der Waals surface area (Å²) in [6, 6.07) is 6.62. The molecule has 7 heteroatoms. The number of benzene rings is 1. The molecule has 1 aromatic carbocycles. The Hall–Kier alpha value is -1.89. The molecular weight excluding hydrogens is 331 g/mol. The highest BCUT2D eigenvalue weighted by molar-refractivity contribution is 6.30. The maximum absolute atomic E-state index is 13.4. The quantitative estimate of drug-likeness (QED) is 0.794. The predicted octanol–water partition coefficient (Wildman–Crippen LogP) is 2.83. The molecular formula is C17H20ClFN4O. The van der Waals surface area contributed by atoms with Gasteiger partial charge in [-0.2, -0.15) is 0 Å². The van der Waals surface area contributed by atoms with E-state index in [0.29, 0.717) is 18.8 Å². The molecule has 2 heterocycles. The van der Waals surface area contributed by atoms with Crippen molar-refractivity contribution < 1.29 is 9.18 Å². The number of hydrazine groups is 1. The summed E-state index contributed by atoms with van der Waals surface area (Å²) in [6.45, 7) is 3.27. The number of hydrogen-bond donors (Lipinski definition) is 3. The topological polar surface area (TPSA) is 60.2 Å². The molecule has 1 saturated heterocycles. The molecule has 0 saturated carbocycles. The van der Waals surface area contributed by atoms with Crippen molar-refractivity contribution in [3.63, 3.8) is 0 Å². The van der Waals surface area contributed by atoms with Crippen LogP contribution in [0.3, 0.4) is 0 Å². The SMILES string of the molecule is CCN(C)C(=O)c1cc(C2NNCC2c2ccc(F)c(Cl)c2)c[nH]1. The van der Waals surface area contributed by atoms with Gasteiger partial charge in [0, 0.05) is 32.3 Å². The van der Waals surface area contributed by atoms with Crippen LogP contribution in [0.5, 0.6) is 0 Å². The first kappa shape index (κ1) is 17.0. The van der Waals surface area contributed by atoms with Crippen LogP contribution >= 0.6 is 11.6 Å². The van der Waals surface area contributed by atoms with Gasteiger partial charge in [0.1, 0.15) is 11.5 Å². The van der Waals surface area contributed by atoms with E-state index in [0.717, 1.165) is 11.1 Å². The van der Waals surface area contributed by atoms with Gasteiger partial charge in [0.25, 0.3) is 5.91 Å². The summed E-state index contributed by atoms with van der Waals surface area (Å²) in [5, 5.41) is 0.118. The highest BCUT2D eigenvalue weighted by Crippen LogP contribution is 2.35. The first-order valence-electron chi connectivity index (χ1n) is 7.88. The maximum Gasteiger partial charge on any atom is 0.270 e. The summed E-state index contributed by atoms with van der Waals surface area (Å²) in [4.78, 5) is 16.9. The molecule has 0 spiro atoms. The molecule has 5 nitrogen and oxygen atoms in total. The van der Waals surface area contributed by atoms with Crippen molar-refractivity contribution in [2.75, 3.05) is 20.1 Å². The Morgan fingerprint density at radius 3 is 2.88 bits per heavy atom. The second-order valence-corrected chi connectivity index (χ2v) is 6.36. The molecule has 1 fully saturated rings. The van der Waals surface area contributed by atoms with Crippen LogP contribution in [0.15, 0.2) is 30.5 Å². The monoisotopic (exact) mass is 350 g/mol. The number of carbonyl (C=O) groups excluding carboxylic acids is 1. The van der Waals surface area contributed by atoms with E-state index in [1.165, 1.54) is 6.07 Å². The molecule has 0 aliphatic carbocycles. The van der Waals surface area contributed by atoms with E-state index < -0.39 is 5.82 Å². The van der Waals surface area contributed by atoms with Gasteiger partial charge in [-0.1, -0.05) is 17.7 Å². The van der Waals surface area contributed by atoms with Crippen LogP contribution in [0.25, 0.3) is 0 Å². The van der Waals surface area contributed by atoms with Crippen LogP contribution in [0.1, 0.15) is 40.5 Å². The van der Waals surface area contributed by atoms with E-state index in [1.807, 2.05) is 19.2 Å². The molecule has 128 valence electrons. The van der Waals surface area contributed by atoms with Crippen molar-refractivity contribution in [2.24, 2.45) is 0 Å². The molecule has 2 aromatic rings. The van der Waals surface area contributed by atoms with Gasteiger partial charge in [0.15, 0.2) is 0 Å². The average Bonchev–Trinajstić information content (AvgIpc) is 3.24. The van der Waals surface area contributed by atoms with Crippen LogP contribution in [-0.2, 0) is 0 Å². The minimum Gasteiger partial charge on any atom is -0.357 e. The third-order valence-corrected chi connectivity index (χ3v) is 4.76. The third-order valence-electron chi connectivity index (χ3n) is 4.47. The standard InChI is InChI=1S/C17H20ClFN4O/c1-3-23(2)17(24)15-7-11(8-20-15)16-12(9-21-22-16)10-4-5-14(19)13(18)6-10/h4-8,12,16,20-22H,3,9H2,1-2H3. The van der Waals surface area contributed by atoms with Gasteiger partial charge in [-0.05, 0) is 36.2 Å². The Balaban J connectivity index is 1.84. The molecule has 1 aliphatic heterocycles. The summed E-state index contributed by atoms with van der Waals surface area (Å²) in [5.41, 5.74) is 8.82. The van der Waals surface area contributed by atoms with Crippen molar-refractivity contribution in [2.45, 2.75) is 18.9 Å². The van der Waals surface area contributed by atoms with Gasteiger partial charge in [0.2, 0.25) is 0 Å². The van der Waals surface area contributed by atoms with E-state index in [1.54, 1.807) is 24.1 Å². The highest BCUT2D eigenvalue weighted by Gasteiger charge is 2.31. The van der Waals surface area contributed by atoms with Gasteiger partial charge < -0.3 is 9.88 Å². The molecule has 2 unspecified atom stereocenters. The molecule has 3 N–H and O–H groups in total. The van der Waals surface area contributed by atoms with Crippen LogP contribution in [0.4, 0.5) is 4.39 Å². The Morgan fingerprint density at radius 1 is 1.38 bits per heavy atom. The van der Waals surface area contributed by atoms with Gasteiger partial charge in [-0.15, -0.1) is 0 Å². The third kappa shape index (κ3) is 3.17. The van der Waals surface area contributed by atoms with Crippen LogP contribution in [-0.4, -0.2) is 35.9 Å². The molecule has 0 bridgehead atoms. The number of halogens is 2. The summed E-state index contributed by atoms with van der Waals surface area (Å²) in [6.07, 6.45) is 1.83. The van der Waals surface area contributed by atoms with E-state index in [9.17, 15) is 9.18 Å². The van der Waals surface area contributed by atoms with Gasteiger partial charge in [0.05, 0.1) is 11.1 Å². The number of hydrogen-bond acceptors (Lipinski definition) is 3. The van der Waals surface area contributed by atoms with E-state index in [4.69, 9.17) is 11.6 Å². The Labute approximate surface area is 145 Å². The Morgan fingerprint density at radius 2 is 2.17 bits per heavy atom. The zero-order valence-electron chi connectivity index (χ0n) is 13.6. The zero-order valence-corrected chi connectivity index (χ0v) is 14.3. The minimum absolute atomic E-state index is 0.0312. The number of carbonyl (C=O) groups is 1. The molecule has 0 radical (unpaired) electrons. The fourth-order valence-corrected chi connectivity index (χ4v) is 3.12. The van der Waals surface area contributed by atoms with Gasteiger partial charge >= 0.3 is 0 Å². The van der Waals surface area contributed by atoms with E-state index in [-0.39, 0.29) is 22.9 Å². The van der Waals surface area contributed by atoms with Gasteiger partial charge in [-0.3, -0.25) is 10.2 Å². The largest absolute Gasteiger partial charge is 0.357 e. The van der Waals surface area contributed by atoms with E-state index >= 15 is 0 Å². The smallest absolute Gasteiger partial charge is 0.270 e. The number of nitrogens with one attached hydrogen (secondary N) is 3. The number of aromatic nitrogens is 1. The zero-order chi connectivity index (χ0) is 17.3. The molecule has 2 atom stereocenters. The molecule has 1 aromatic heterocycles. The van der Waals surface area contributed by atoms with Gasteiger partial charge in [-0.25, -0.2) is 9.82 Å². The second-order valence-electron chi connectivity index (χ2n) is 5.95. The normalized spacial score (nSPS) is 20.3. The van der Waals surface area contributed by atoms with Crippen molar-refractivity contribution in [1.29, 1.82) is 0 Å². The van der Waals surface area contributed by atoms with Crippen LogP contribution in [0.2, 0.25) is 5.02 Å². The minimum atomic E-state index is -0.423.